The number of aryl methyl sites for hydroxylation is 6. The van der Waals surface area contributed by atoms with Crippen LogP contribution in [0.1, 0.15) is 107 Å². The SMILES string of the molecule is C.C=C/C(C)=C\C=C\C(=C)CC1=C(C2=CC=C(C)CC2)/C(C#Cc2ccc(C)cc2)=C(c2ccc(C)cc2)\C(C#Cc2ccc(C)cc2)=C(c2ccc(C)cc2)/C(C#Cc2ccc(C)cc2)=C\1c1ccc(C)cc1. The summed E-state index contributed by atoms with van der Waals surface area (Å²) < 4.78 is 0. The van der Waals surface area contributed by atoms with E-state index in [9.17, 15) is 0 Å². The number of benzene rings is 6. The average molecular weight is 957 g/mol. The summed E-state index contributed by atoms with van der Waals surface area (Å²) in [4.78, 5) is 0. The van der Waals surface area contributed by atoms with Crippen molar-refractivity contribution in [3.05, 3.63) is 312 Å². The van der Waals surface area contributed by atoms with Crippen molar-refractivity contribution in [2.75, 3.05) is 0 Å². The molecule has 0 fully saturated rings. The summed E-state index contributed by atoms with van der Waals surface area (Å²) in [5, 5.41) is 0. The predicted molar refractivity (Wildman–Crippen MR) is 320 cm³/mol. The van der Waals surface area contributed by atoms with E-state index in [1.165, 1.54) is 39.0 Å². The second-order valence-electron chi connectivity index (χ2n) is 19.6. The van der Waals surface area contributed by atoms with E-state index in [-0.39, 0.29) is 7.43 Å². The topological polar surface area (TPSA) is 0 Å². The van der Waals surface area contributed by atoms with Crippen LogP contribution in [-0.4, -0.2) is 0 Å². The third kappa shape index (κ3) is 13.3. The number of allylic oxidation sites excluding steroid dienone is 18. The van der Waals surface area contributed by atoms with Crippen molar-refractivity contribution < 1.29 is 0 Å². The zero-order valence-corrected chi connectivity index (χ0v) is 43.9. The summed E-state index contributed by atoms with van der Waals surface area (Å²) in [6.45, 7) is 25.9. The lowest BCUT2D eigenvalue weighted by atomic mass is 9.72. The zero-order valence-electron chi connectivity index (χ0n) is 43.9. The molecule has 0 aromatic heterocycles. The van der Waals surface area contributed by atoms with E-state index in [4.69, 9.17) is 6.58 Å². The van der Waals surface area contributed by atoms with Gasteiger partial charge in [0.1, 0.15) is 0 Å². The maximum Gasteiger partial charge on any atom is 0.0431 e. The summed E-state index contributed by atoms with van der Waals surface area (Å²) in [7, 11) is 0. The Hall–Kier alpha value is -8.60. The van der Waals surface area contributed by atoms with Gasteiger partial charge in [-0.3, -0.25) is 0 Å². The van der Waals surface area contributed by atoms with Crippen LogP contribution < -0.4 is 0 Å². The number of rotatable bonds is 9. The van der Waals surface area contributed by atoms with Crippen LogP contribution in [0.25, 0.3) is 16.7 Å². The van der Waals surface area contributed by atoms with E-state index in [1.807, 2.05) is 6.08 Å². The van der Waals surface area contributed by atoms with E-state index in [2.05, 4.69) is 273 Å². The fourth-order valence-corrected chi connectivity index (χ4v) is 8.97. The minimum Gasteiger partial charge on any atom is -0.0988 e. The molecule has 6 aromatic rings. The molecule has 0 aliphatic heterocycles. The van der Waals surface area contributed by atoms with Gasteiger partial charge in [-0.05, 0) is 144 Å². The molecule has 0 radical (unpaired) electrons. The Morgan fingerprint density at radius 2 is 0.797 bits per heavy atom. The van der Waals surface area contributed by atoms with Crippen molar-refractivity contribution in [3.63, 3.8) is 0 Å². The Morgan fingerprint density at radius 1 is 0.446 bits per heavy atom. The van der Waals surface area contributed by atoms with Gasteiger partial charge in [-0.2, -0.15) is 0 Å². The van der Waals surface area contributed by atoms with Gasteiger partial charge in [0.05, 0.1) is 0 Å². The minimum atomic E-state index is 0. The third-order valence-corrected chi connectivity index (χ3v) is 13.4. The fourth-order valence-electron chi connectivity index (χ4n) is 8.97. The first kappa shape index (κ1) is 53.2. The summed E-state index contributed by atoms with van der Waals surface area (Å²) >= 11 is 0. The lowest BCUT2D eigenvalue weighted by molar-refractivity contribution is 0.911. The van der Waals surface area contributed by atoms with Crippen molar-refractivity contribution in [1.29, 1.82) is 0 Å². The fraction of sp³-hybridized carbons (Fsp3) is 0.162. The molecule has 2 aliphatic rings. The second-order valence-corrected chi connectivity index (χ2v) is 19.6. The Morgan fingerprint density at radius 3 is 1.16 bits per heavy atom. The summed E-state index contributed by atoms with van der Waals surface area (Å²) in [5.74, 6) is 23.1. The molecule has 6 aromatic carbocycles. The molecule has 0 amide bonds. The Balaban J connectivity index is 0.00000800. The summed E-state index contributed by atoms with van der Waals surface area (Å²) in [6.07, 6.45) is 15.1. The molecule has 8 rings (SSSR count). The van der Waals surface area contributed by atoms with Crippen LogP contribution in [0, 0.1) is 77.1 Å². The maximum atomic E-state index is 4.82. The number of hydrogen-bond donors (Lipinski definition) is 0. The largest absolute Gasteiger partial charge is 0.0988 e. The molecule has 0 bridgehead atoms. The van der Waals surface area contributed by atoms with Crippen molar-refractivity contribution >= 4 is 16.7 Å². The van der Waals surface area contributed by atoms with Gasteiger partial charge in [0, 0.05) is 50.1 Å². The third-order valence-electron chi connectivity index (χ3n) is 13.4. The molecule has 0 saturated heterocycles. The molecule has 74 heavy (non-hydrogen) atoms. The summed E-state index contributed by atoms with van der Waals surface area (Å²) in [6, 6.07) is 52.3. The smallest absolute Gasteiger partial charge is 0.0431 e. The lowest BCUT2D eigenvalue weighted by Gasteiger charge is -2.30. The first-order valence-electron chi connectivity index (χ1n) is 25.3. The Kier molecular flexibility index (Phi) is 17.7. The highest BCUT2D eigenvalue weighted by atomic mass is 14.3. The normalized spacial score (nSPS) is 17.7. The summed E-state index contributed by atoms with van der Waals surface area (Å²) in [5.41, 5.74) is 25.2. The predicted octanol–water partition coefficient (Wildman–Crippen LogP) is 18.6. The van der Waals surface area contributed by atoms with Crippen molar-refractivity contribution in [3.8, 4) is 35.5 Å². The van der Waals surface area contributed by atoms with Crippen LogP contribution in [0.2, 0.25) is 0 Å². The molecule has 2 aliphatic carbocycles. The first-order chi connectivity index (χ1) is 35.3. The van der Waals surface area contributed by atoms with Crippen LogP contribution in [0.3, 0.4) is 0 Å². The van der Waals surface area contributed by atoms with Crippen molar-refractivity contribution in [2.24, 2.45) is 0 Å². The lowest BCUT2D eigenvalue weighted by Crippen LogP contribution is -2.13. The highest BCUT2D eigenvalue weighted by Gasteiger charge is 2.32. The van der Waals surface area contributed by atoms with E-state index >= 15 is 0 Å². The van der Waals surface area contributed by atoms with Gasteiger partial charge < -0.3 is 0 Å². The molecule has 0 spiro atoms. The molecule has 0 N–H and O–H groups in total. The van der Waals surface area contributed by atoms with Crippen molar-refractivity contribution in [2.45, 2.75) is 82.1 Å². The molecule has 0 heteroatoms. The highest BCUT2D eigenvalue weighted by Crippen LogP contribution is 2.49. The molecule has 0 heterocycles. The molecule has 0 nitrogen and oxygen atoms in total. The van der Waals surface area contributed by atoms with Gasteiger partial charge in [0.25, 0.3) is 0 Å². The molecular weight excluding hydrogens is 889 g/mol. The van der Waals surface area contributed by atoms with Crippen LogP contribution in [-0.2, 0) is 0 Å². The van der Waals surface area contributed by atoms with Crippen LogP contribution in [0.15, 0.2) is 245 Å². The van der Waals surface area contributed by atoms with Gasteiger partial charge in [-0.15, -0.1) is 0 Å². The minimum absolute atomic E-state index is 0. The van der Waals surface area contributed by atoms with Gasteiger partial charge in [0.2, 0.25) is 0 Å². The molecular formula is C74H68. The van der Waals surface area contributed by atoms with E-state index in [0.717, 1.165) is 108 Å². The number of hydrogen-bond acceptors (Lipinski definition) is 0. The molecule has 0 unspecified atom stereocenters. The average Bonchev–Trinajstić information content (AvgIpc) is 3.39. The zero-order chi connectivity index (χ0) is 51.4. The second kappa shape index (κ2) is 24.7. The quantitative estimate of drug-likeness (QED) is 0.100. The molecule has 0 atom stereocenters. The van der Waals surface area contributed by atoms with Gasteiger partial charge in [-0.1, -0.05) is 252 Å². The van der Waals surface area contributed by atoms with Crippen LogP contribution in [0.5, 0.6) is 0 Å². The standard InChI is InChI=1S/C73H64.CH4/c1-11-50(2)13-12-14-58(10)49-69-72(64-42-25-56(8)26-43-64)67(47-36-60-31-17-52(4)18-32-60)70(62-38-21-54(6)22-39-62)66(46-35-59-29-15-51(3)16-30-59)71(63-40-23-55(7)24-41-63)68(48-37-61-33-19-53(5)20-34-61)73(69)65-44-27-57(9)28-45-65;/h11-27,29-34,38-44H,1,10,28,45,49H2,2-9H3;1H4/b14-12+,50-13-,70-66-,70-67?,71-66?,71-68-,72-67-,72-69?,73-68?,73-69-;. The van der Waals surface area contributed by atoms with Crippen LogP contribution >= 0.6 is 0 Å². The Labute approximate surface area is 444 Å². The van der Waals surface area contributed by atoms with Gasteiger partial charge >= 0.3 is 0 Å². The molecule has 0 saturated carbocycles. The van der Waals surface area contributed by atoms with E-state index < -0.39 is 0 Å². The first-order valence-corrected chi connectivity index (χ1v) is 25.3. The van der Waals surface area contributed by atoms with Crippen LogP contribution in [0.4, 0.5) is 0 Å². The van der Waals surface area contributed by atoms with Crippen molar-refractivity contribution in [1.82, 2.24) is 0 Å². The van der Waals surface area contributed by atoms with E-state index in [1.54, 1.807) is 0 Å². The maximum absolute atomic E-state index is 4.82. The highest BCUT2D eigenvalue weighted by molar-refractivity contribution is 6.10. The Bertz CT molecular complexity index is 3540. The van der Waals surface area contributed by atoms with Gasteiger partial charge in [0.15, 0.2) is 0 Å². The monoisotopic (exact) mass is 957 g/mol. The van der Waals surface area contributed by atoms with E-state index in [0.29, 0.717) is 6.42 Å². The van der Waals surface area contributed by atoms with Gasteiger partial charge in [-0.25, -0.2) is 0 Å². The molecule has 364 valence electrons.